The molecule has 0 spiro atoms. The first-order valence-corrected chi connectivity index (χ1v) is 8.75. The summed E-state index contributed by atoms with van der Waals surface area (Å²) >= 11 is 5.95. The van der Waals surface area contributed by atoms with Gasteiger partial charge in [-0.1, -0.05) is 29.8 Å². The van der Waals surface area contributed by atoms with Gasteiger partial charge in [0.2, 0.25) is 5.91 Å². The summed E-state index contributed by atoms with van der Waals surface area (Å²) in [6.45, 7) is 1.85. The second-order valence-corrected chi connectivity index (χ2v) is 6.50. The number of oxazole rings is 1. The Morgan fingerprint density at radius 1 is 1.22 bits per heavy atom. The highest BCUT2D eigenvalue weighted by molar-refractivity contribution is 6.30. The second kappa shape index (κ2) is 8.31. The number of hydrogen-bond donors (Lipinski definition) is 1. The van der Waals surface area contributed by atoms with Gasteiger partial charge in [0.25, 0.3) is 0 Å². The number of hydrogen-bond acceptors (Lipinski definition) is 3. The Balaban J connectivity index is 1.59. The maximum Gasteiger partial charge on any atom is 0.220 e. The molecule has 1 aromatic heterocycles. The highest BCUT2D eigenvalue weighted by Gasteiger charge is 2.17. The van der Waals surface area contributed by atoms with Gasteiger partial charge in [0.1, 0.15) is 11.6 Å². The minimum absolute atomic E-state index is 0.00620. The molecule has 1 heterocycles. The number of aromatic nitrogens is 1. The van der Waals surface area contributed by atoms with Crippen molar-refractivity contribution >= 4 is 17.5 Å². The molecule has 3 aromatic rings. The predicted molar refractivity (Wildman–Crippen MR) is 98.2 cm³/mol. The summed E-state index contributed by atoms with van der Waals surface area (Å²) in [4.78, 5) is 16.1. The first kappa shape index (κ1) is 19.0. The summed E-state index contributed by atoms with van der Waals surface area (Å²) in [7, 11) is 0. The summed E-state index contributed by atoms with van der Waals surface area (Å²) in [6.07, 6.45) is 1.60. The van der Waals surface area contributed by atoms with Crippen molar-refractivity contribution in [1.82, 2.24) is 10.3 Å². The van der Waals surface area contributed by atoms with Crippen molar-refractivity contribution in [2.45, 2.75) is 25.8 Å². The Kier molecular flexibility index (Phi) is 5.86. The van der Waals surface area contributed by atoms with Crippen molar-refractivity contribution in [1.29, 1.82) is 0 Å². The first-order valence-electron chi connectivity index (χ1n) is 8.38. The van der Waals surface area contributed by atoms with Crippen molar-refractivity contribution in [2.24, 2.45) is 0 Å². The normalized spacial score (nSPS) is 12.0. The van der Waals surface area contributed by atoms with E-state index < -0.39 is 11.6 Å². The number of nitrogens with zero attached hydrogens (tertiary/aromatic N) is 1. The number of nitrogens with one attached hydrogen (secondary N) is 1. The van der Waals surface area contributed by atoms with Crippen molar-refractivity contribution in [3.8, 4) is 11.3 Å². The van der Waals surface area contributed by atoms with Crippen LogP contribution in [0, 0.1) is 11.6 Å². The summed E-state index contributed by atoms with van der Waals surface area (Å²) in [5.74, 6) is -1.43. The van der Waals surface area contributed by atoms with Gasteiger partial charge < -0.3 is 9.73 Å². The van der Waals surface area contributed by atoms with Gasteiger partial charge in [0, 0.05) is 17.9 Å². The number of amides is 1. The van der Waals surface area contributed by atoms with Gasteiger partial charge in [0.15, 0.2) is 11.7 Å². The third-order valence-corrected chi connectivity index (χ3v) is 4.29. The van der Waals surface area contributed by atoms with Crippen molar-refractivity contribution in [3.63, 3.8) is 0 Å². The second-order valence-electron chi connectivity index (χ2n) is 6.06. The zero-order chi connectivity index (χ0) is 19.4. The predicted octanol–water partition coefficient (Wildman–Crippen LogP) is 5.08. The molecule has 0 saturated carbocycles. The maximum absolute atomic E-state index is 13.8. The van der Waals surface area contributed by atoms with Crippen LogP contribution in [-0.2, 0) is 11.2 Å². The van der Waals surface area contributed by atoms with Crippen LogP contribution in [0.3, 0.4) is 0 Å². The van der Waals surface area contributed by atoms with Crippen LogP contribution in [0.2, 0.25) is 5.02 Å². The fourth-order valence-corrected chi connectivity index (χ4v) is 2.87. The van der Waals surface area contributed by atoms with Crippen LogP contribution in [0.15, 0.2) is 53.1 Å². The van der Waals surface area contributed by atoms with E-state index >= 15 is 0 Å². The number of aryl methyl sites for hydroxylation is 1. The average Bonchev–Trinajstić information content (AvgIpc) is 3.08. The molecule has 0 radical (unpaired) electrons. The largest absolute Gasteiger partial charge is 0.441 e. The van der Waals surface area contributed by atoms with E-state index in [1.807, 2.05) is 19.1 Å². The van der Waals surface area contributed by atoms with Gasteiger partial charge in [-0.2, -0.15) is 0 Å². The summed E-state index contributed by atoms with van der Waals surface area (Å²) in [5.41, 5.74) is 0.625. The third kappa shape index (κ3) is 4.71. The van der Waals surface area contributed by atoms with Gasteiger partial charge in [-0.05, 0) is 36.8 Å². The highest BCUT2D eigenvalue weighted by Crippen LogP contribution is 2.26. The molecule has 0 aliphatic rings. The van der Waals surface area contributed by atoms with Gasteiger partial charge >= 0.3 is 0 Å². The number of benzene rings is 2. The molecule has 0 aliphatic carbocycles. The van der Waals surface area contributed by atoms with E-state index in [0.29, 0.717) is 5.02 Å². The molecule has 7 heteroatoms. The Labute approximate surface area is 160 Å². The average molecular weight is 391 g/mol. The summed E-state index contributed by atoms with van der Waals surface area (Å²) in [6, 6.07) is 10.6. The molecule has 0 aliphatic heterocycles. The Bertz CT molecular complexity index is 938. The monoisotopic (exact) mass is 390 g/mol. The van der Waals surface area contributed by atoms with Crippen molar-refractivity contribution < 1.29 is 18.0 Å². The lowest BCUT2D eigenvalue weighted by atomic mass is 10.1. The smallest absolute Gasteiger partial charge is 0.220 e. The number of carbonyl (C=O) groups is 1. The lowest BCUT2D eigenvalue weighted by molar-refractivity contribution is -0.121. The molecular formula is C20H17ClF2N2O2. The van der Waals surface area contributed by atoms with E-state index in [1.165, 1.54) is 12.3 Å². The molecule has 2 aromatic carbocycles. The van der Waals surface area contributed by atoms with E-state index in [9.17, 15) is 13.6 Å². The number of rotatable bonds is 6. The number of carbonyl (C=O) groups excluding carboxylic acids is 1. The molecule has 1 atom stereocenters. The molecule has 0 bridgehead atoms. The van der Waals surface area contributed by atoms with Crippen LogP contribution in [0.1, 0.15) is 30.8 Å². The van der Waals surface area contributed by atoms with Gasteiger partial charge in [0.05, 0.1) is 17.8 Å². The molecule has 3 rings (SSSR count). The highest BCUT2D eigenvalue weighted by atomic mass is 35.5. The van der Waals surface area contributed by atoms with E-state index in [0.717, 1.165) is 17.7 Å². The number of halogens is 3. The lowest BCUT2D eigenvalue weighted by Crippen LogP contribution is -2.26. The van der Waals surface area contributed by atoms with Crippen LogP contribution in [0.4, 0.5) is 8.78 Å². The summed E-state index contributed by atoms with van der Waals surface area (Å²) < 4.78 is 33.0. The lowest BCUT2D eigenvalue weighted by Gasteiger charge is -2.14. The molecule has 27 heavy (non-hydrogen) atoms. The molecule has 0 saturated heterocycles. The van der Waals surface area contributed by atoms with Crippen molar-refractivity contribution in [3.05, 3.63) is 76.8 Å². The van der Waals surface area contributed by atoms with Crippen molar-refractivity contribution in [2.75, 3.05) is 0 Å². The standard InChI is InChI=1S/C20H17ClF2N2O2/c1-12(13-4-2-5-14(21)10-13)25-18(26)8-9-19-24-11-17(27-19)20-15(22)6-3-7-16(20)23/h2-7,10-12H,8-9H2,1H3,(H,25,26)/t12-/m1/s1. The van der Waals surface area contributed by atoms with Crippen LogP contribution in [0.25, 0.3) is 11.3 Å². The molecule has 4 nitrogen and oxygen atoms in total. The van der Waals surface area contributed by atoms with Crippen LogP contribution in [0.5, 0.6) is 0 Å². The zero-order valence-electron chi connectivity index (χ0n) is 14.5. The molecule has 1 amide bonds. The molecule has 140 valence electrons. The van der Waals surface area contributed by atoms with Crippen LogP contribution in [-0.4, -0.2) is 10.9 Å². The van der Waals surface area contributed by atoms with Gasteiger partial charge in [-0.25, -0.2) is 13.8 Å². The first-order chi connectivity index (χ1) is 12.9. The van der Waals surface area contributed by atoms with E-state index in [-0.39, 0.29) is 42.0 Å². The SMILES string of the molecule is C[C@@H](NC(=O)CCc1ncc(-c2c(F)cccc2F)o1)c1cccc(Cl)c1. The van der Waals surface area contributed by atoms with Crippen LogP contribution < -0.4 is 5.32 Å². The third-order valence-electron chi connectivity index (χ3n) is 4.05. The molecule has 1 N–H and O–H groups in total. The van der Waals surface area contributed by atoms with E-state index in [1.54, 1.807) is 12.1 Å². The fraction of sp³-hybridized carbons (Fsp3) is 0.200. The van der Waals surface area contributed by atoms with E-state index in [4.69, 9.17) is 16.0 Å². The topological polar surface area (TPSA) is 55.1 Å². The summed E-state index contributed by atoms with van der Waals surface area (Å²) in [5, 5.41) is 3.46. The van der Waals surface area contributed by atoms with Gasteiger partial charge in [-0.3, -0.25) is 4.79 Å². The zero-order valence-corrected chi connectivity index (χ0v) is 15.3. The quantitative estimate of drug-likeness (QED) is 0.638. The maximum atomic E-state index is 13.8. The minimum atomic E-state index is -0.731. The van der Waals surface area contributed by atoms with E-state index in [2.05, 4.69) is 10.3 Å². The minimum Gasteiger partial charge on any atom is -0.441 e. The van der Waals surface area contributed by atoms with Gasteiger partial charge in [-0.15, -0.1) is 0 Å². The molecule has 0 unspecified atom stereocenters. The Hall–Kier alpha value is -2.73. The van der Waals surface area contributed by atoms with Crippen LogP contribution >= 0.6 is 11.6 Å². The molecule has 0 fully saturated rings. The Morgan fingerprint density at radius 2 is 1.93 bits per heavy atom. The molecular weight excluding hydrogens is 374 g/mol. The fourth-order valence-electron chi connectivity index (χ4n) is 2.67. The Morgan fingerprint density at radius 3 is 2.63 bits per heavy atom.